The Hall–Kier alpha value is -2.05. The first kappa shape index (κ1) is 13.0. The maximum Gasteiger partial charge on any atom is 0.338 e. The Morgan fingerprint density at radius 3 is 2.45 bits per heavy atom. The van der Waals surface area contributed by atoms with Crippen LogP contribution in [0.4, 0.5) is 0 Å². The fourth-order valence-electron chi connectivity index (χ4n) is 2.07. The number of hydrogen-bond donors (Lipinski definition) is 0. The molecule has 1 saturated heterocycles. The van der Waals surface area contributed by atoms with Crippen LogP contribution in [-0.2, 0) is 19.0 Å². The van der Waals surface area contributed by atoms with Crippen molar-refractivity contribution in [2.75, 3.05) is 6.61 Å². The fraction of sp³-hybridized carbons (Fsp3) is 0.357. The fourth-order valence-corrected chi connectivity index (χ4v) is 2.07. The van der Waals surface area contributed by atoms with Crippen LogP contribution in [0, 0.1) is 0 Å². The van der Waals surface area contributed by atoms with Crippen molar-refractivity contribution < 1.29 is 27.8 Å². The Kier molecular flexibility index (Phi) is 3.58. The molecular weight excluding hydrogens is 264 g/mol. The lowest BCUT2D eigenvalue weighted by Gasteiger charge is -2.12. The number of furan rings is 2. The van der Waals surface area contributed by atoms with E-state index in [2.05, 4.69) is 0 Å². The molecule has 6 heteroatoms. The predicted octanol–water partition coefficient (Wildman–Crippen LogP) is 2.59. The highest BCUT2D eigenvalue weighted by Crippen LogP contribution is 2.40. The van der Waals surface area contributed by atoms with Crippen LogP contribution in [0.1, 0.15) is 30.8 Å². The number of hydrogen-bond acceptors (Lipinski definition) is 6. The maximum absolute atomic E-state index is 12.0. The molecule has 0 saturated carbocycles. The third-order valence-corrected chi connectivity index (χ3v) is 2.93. The van der Waals surface area contributed by atoms with Crippen molar-refractivity contribution in [2.24, 2.45) is 0 Å². The van der Waals surface area contributed by atoms with Crippen LogP contribution in [0.3, 0.4) is 0 Å². The summed E-state index contributed by atoms with van der Waals surface area (Å²) in [6.45, 7) is 2.01. The minimum atomic E-state index is -0.879. The van der Waals surface area contributed by atoms with E-state index in [0.717, 1.165) is 0 Å². The molecule has 3 rings (SSSR count). The van der Waals surface area contributed by atoms with Crippen molar-refractivity contribution >= 4 is 5.97 Å². The lowest BCUT2D eigenvalue weighted by atomic mass is 10.1. The highest BCUT2D eigenvalue weighted by molar-refractivity contribution is 5.76. The minimum Gasteiger partial charge on any atom is -0.466 e. The average Bonchev–Trinajstić information content (AvgIpc) is 3.19. The van der Waals surface area contributed by atoms with Crippen LogP contribution >= 0.6 is 0 Å². The van der Waals surface area contributed by atoms with E-state index in [9.17, 15) is 4.79 Å². The van der Waals surface area contributed by atoms with Crippen LogP contribution < -0.4 is 0 Å². The van der Waals surface area contributed by atoms with Gasteiger partial charge in [0, 0.05) is 0 Å². The second-order valence-corrected chi connectivity index (χ2v) is 4.23. The third kappa shape index (κ3) is 2.35. The minimum absolute atomic E-state index is 0.273. The van der Waals surface area contributed by atoms with Crippen molar-refractivity contribution in [3.8, 4) is 0 Å². The monoisotopic (exact) mass is 278 g/mol. The molecular formula is C14H14O6. The molecule has 20 heavy (non-hydrogen) atoms. The van der Waals surface area contributed by atoms with Gasteiger partial charge in [0.05, 0.1) is 19.1 Å². The normalized spacial score (nSPS) is 25.8. The summed E-state index contributed by atoms with van der Waals surface area (Å²) in [4.78, 5) is 12.0. The predicted molar refractivity (Wildman–Crippen MR) is 65.5 cm³/mol. The molecule has 0 aromatic carbocycles. The molecule has 6 nitrogen and oxygen atoms in total. The van der Waals surface area contributed by atoms with Gasteiger partial charge in [-0.25, -0.2) is 4.79 Å². The Morgan fingerprint density at radius 2 is 1.85 bits per heavy atom. The first-order valence-electron chi connectivity index (χ1n) is 6.34. The van der Waals surface area contributed by atoms with Crippen molar-refractivity contribution in [3.05, 3.63) is 48.3 Å². The number of carbonyl (C=O) groups is 1. The van der Waals surface area contributed by atoms with Crippen LogP contribution in [0.5, 0.6) is 0 Å². The number of ether oxygens (including phenoxy) is 3. The van der Waals surface area contributed by atoms with Crippen LogP contribution in [0.25, 0.3) is 0 Å². The smallest absolute Gasteiger partial charge is 0.338 e. The standard InChI is InChI=1S/C14H14O6/c1-2-16-13(15)12-11(9-5-3-7-17-9)19-14(20-12)10-6-4-8-18-10/h3-8,11-12,14H,2H2,1H3/t11-,12+,14-/m0/s1. The molecule has 3 heterocycles. The molecule has 106 valence electrons. The molecule has 0 spiro atoms. The van der Waals surface area contributed by atoms with Gasteiger partial charge < -0.3 is 23.0 Å². The topological polar surface area (TPSA) is 71.0 Å². The quantitative estimate of drug-likeness (QED) is 0.800. The third-order valence-electron chi connectivity index (χ3n) is 2.93. The van der Waals surface area contributed by atoms with Gasteiger partial charge >= 0.3 is 5.97 Å². The Bertz CT molecular complexity index is 544. The summed E-state index contributed by atoms with van der Waals surface area (Å²) in [6, 6.07) is 6.89. The molecule has 0 radical (unpaired) electrons. The van der Waals surface area contributed by atoms with E-state index in [4.69, 9.17) is 23.0 Å². The van der Waals surface area contributed by atoms with Gasteiger partial charge in [0.2, 0.25) is 6.29 Å². The molecule has 0 N–H and O–H groups in total. The van der Waals surface area contributed by atoms with Gasteiger partial charge in [0.1, 0.15) is 5.76 Å². The Labute approximate surface area is 115 Å². The first-order chi connectivity index (χ1) is 9.79. The zero-order chi connectivity index (χ0) is 13.9. The highest BCUT2D eigenvalue weighted by Gasteiger charge is 2.45. The van der Waals surface area contributed by atoms with Gasteiger partial charge in [-0.15, -0.1) is 0 Å². The lowest BCUT2D eigenvalue weighted by molar-refractivity contribution is -0.158. The molecule has 1 aliphatic rings. The summed E-state index contributed by atoms with van der Waals surface area (Å²) in [6.07, 6.45) is 0.743. The second kappa shape index (κ2) is 5.52. The summed E-state index contributed by atoms with van der Waals surface area (Å²) in [5.41, 5.74) is 0. The summed E-state index contributed by atoms with van der Waals surface area (Å²) in [7, 11) is 0. The van der Waals surface area contributed by atoms with Crippen LogP contribution in [-0.4, -0.2) is 18.7 Å². The van der Waals surface area contributed by atoms with E-state index in [1.807, 2.05) is 0 Å². The molecule has 0 amide bonds. The summed E-state index contributed by atoms with van der Waals surface area (Å²) in [5.74, 6) is 0.522. The highest BCUT2D eigenvalue weighted by atomic mass is 16.8. The average molecular weight is 278 g/mol. The van der Waals surface area contributed by atoms with Crippen molar-refractivity contribution in [1.29, 1.82) is 0 Å². The van der Waals surface area contributed by atoms with Gasteiger partial charge in [-0.1, -0.05) is 0 Å². The molecule has 1 fully saturated rings. The molecule has 0 unspecified atom stereocenters. The van der Waals surface area contributed by atoms with Gasteiger partial charge in [-0.05, 0) is 31.2 Å². The van der Waals surface area contributed by atoms with Crippen LogP contribution in [0.2, 0.25) is 0 Å². The molecule has 0 bridgehead atoms. The largest absolute Gasteiger partial charge is 0.466 e. The molecule has 1 aliphatic heterocycles. The number of rotatable bonds is 4. The summed E-state index contributed by atoms with van der Waals surface area (Å²) >= 11 is 0. The summed E-state index contributed by atoms with van der Waals surface area (Å²) < 4.78 is 26.9. The van der Waals surface area contributed by atoms with Gasteiger partial charge in [0.25, 0.3) is 0 Å². The molecule has 3 atom stereocenters. The SMILES string of the molecule is CCOC(=O)[C@@H]1O[C@@H](c2ccco2)O[C@H]1c1ccco1. The van der Waals surface area contributed by atoms with E-state index in [0.29, 0.717) is 11.5 Å². The van der Waals surface area contributed by atoms with E-state index >= 15 is 0 Å². The summed E-state index contributed by atoms with van der Waals surface area (Å²) in [5, 5.41) is 0. The molecule has 2 aromatic rings. The number of esters is 1. The van der Waals surface area contributed by atoms with Gasteiger partial charge in [-0.3, -0.25) is 0 Å². The zero-order valence-corrected chi connectivity index (χ0v) is 10.9. The van der Waals surface area contributed by atoms with E-state index in [-0.39, 0.29) is 6.61 Å². The lowest BCUT2D eigenvalue weighted by Crippen LogP contribution is -2.27. The molecule has 0 aliphatic carbocycles. The molecule has 2 aromatic heterocycles. The first-order valence-corrected chi connectivity index (χ1v) is 6.34. The second-order valence-electron chi connectivity index (χ2n) is 4.23. The van der Waals surface area contributed by atoms with Gasteiger partial charge in [0.15, 0.2) is 18.0 Å². The van der Waals surface area contributed by atoms with E-state index in [1.54, 1.807) is 31.2 Å². The number of carbonyl (C=O) groups excluding carboxylic acids is 1. The maximum atomic E-state index is 12.0. The van der Waals surface area contributed by atoms with Crippen molar-refractivity contribution in [1.82, 2.24) is 0 Å². The van der Waals surface area contributed by atoms with Crippen LogP contribution in [0.15, 0.2) is 45.6 Å². The van der Waals surface area contributed by atoms with E-state index in [1.165, 1.54) is 12.5 Å². The Balaban J connectivity index is 1.83. The van der Waals surface area contributed by atoms with E-state index < -0.39 is 24.5 Å². The van der Waals surface area contributed by atoms with Crippen molar-refractivity contribution in [2.45, 2.75) is 25.4 Å². The van der Waals surface area contributed by atoms with Crippen molar-refractivity contribution in [3.63, 3.8) is 0 Å². The Morgan fingerprint density at radius 1 is 1.15 bits per heavy atom. The zero-order valence-electron chi connectivity index (χ0n) is 10.9. The van der Waals surface area contributed by atoms with Gasteiger partial charge in [-0.2, -0.15) is 0 Å².